The molecule has 4 aromatic rings. The lowest BCUT2D eigenvalue weighted by Crippen LogP contribution is -2.11. The van der Waals surface area contributed by atoms with Crippen LogP contribution in [-0.4, -0.2) is 4.57 Å². The normalized spacial score (nSPS) is 11.2. The van der Waals surface area contributed by atoms with Crippen LogP contribution in [-0.2, 0) is 19.6 Å². The second-order valence-electron chi connectivity index (χ2n) is 6.07. The zero-order valence-corrected chi connectivity index (χ0v) is 13.8. The van der Waals surface area contributed by atoms with Crippen LogP contribution >= 0.6 is 0 Å². The zero-order valence-electron chi connectivity index (χ0n) is 13.8. The van der Waals surface area contributed by atoms with Gasteiger partial charge < -0.3 is 14.3 Å². The summed E-state index contributed by atoms with van der Waals surface area (Å²) in [5, 5.41) is 4.59. The molecule has 0 aliphatic rings. The molecule has 0 fully saturated rings. The molecular weight excluding hydrogens is 315 g/mol. The number of hydrogen-bond donors (Lipinski definition) is 1. The molecule has 2 aromatic heterocycles. The first kappa shape index (κ1) is 15.7. The van der Waals surface area contributed by atoms with Gasteiger partial charge in [0.15, 0.2) is 0 Å². The number of halogens is 1. The van der Waals surface area contributed by atoms with Crippen molar-refractivity contribution in [3.63, 3.8) is 0 Å². The quantitative estimate of drug-likeness (QED) is 0.553. The summed E-state index contributed by atoms with van der Waals surface area (Å²) < 4.78 is 21.5. The summed E-state index contributed by atoms with van der Waals surface area (Å²) in [6, 6.07) is 19.0. The number of furan rings is 1. The molecule has 2 heterocycles. The predicted octanol–water partition coefficient (Wildman–Crippen LogP) is 4.71. The second kappa shape index (κ2) is 6.95. The van der Waals surface area contributed by atoms with Crippen LogP contribution in [0.5, 0.6) is 0 Å². The van der Waals surface area contributed by atoms with Crippen molar-refractivity contribution in [2.24, 2.45) is 0 Å². The van der Waals surface area contributed by atoms with Gasteiger partial charge in [-0.1, -0.05) is 36.4 Å². The number of benzene rings is 2. The van der Waals surface area contributed by atoms with E-state index < -0.39 is 0 Å². The van der Waals surface area contributed by atoms with Crippen LogP contribution in [0.1, 0.15) is 16.9 Å². The number of nitrogens with one attached hydrogen (secondary N) is 1. The maximum absolute atomic E-state index is 14.0. The third kappa shape index (κ3) is 3.35. The van der Waals surface area contributed by atoms with Crippen LogP contribution in [0, 0.1) is 5.82 Å². The van der Waals surface area contributed by atoms with Crippen LogP contribution in [0.25, 0.3) is 10.9 Å². The Morgan fingerprint density at radius 1 is 0.880 bits per heavy atom. The number of aromatic nitrogens is 1. The molecule has 0 radical (unpaired) electrons. The summed E-state index contributed by atoms with van der Waals surface area (Å²) in [6.45, 7) is 1.93. The Kier molecular flexibility index (Phi) is 4.36. The lowest BCUT2D eigenvalue weighted by atomic mass is 10.2. The lowest BCUT2D eigenvalue weighted by molar-refractivity contribution is 0.483. The number of rotatable bonds is 6. The van der Waals surface area contributed by atoms with E-state index in [-0.39, 0.29) is 5.82 Å². The van der Waals surface area contributed by atoms with E-state index in [1.54, 1.807) is 12.3 Å². The molecule has 2 aromatic carbocycles. The summed E-state index contributed by atoms with van der Waals surface area (Å²) in [5.74, 6) is 0.743. The minimum Gasteiger partial charge on any atom is -0.468 e. The molecule has 126 valence electrons. The van der Waals surface area contributed by atoms with E-state index >= 15 is 0 Å². The van der Waals surface area contributed by atoms with Crippen molar-refractivity contribution in [1.82, 2.24) is 9.88 Å². The Morgan fingerprint density at radius 2 is 1.72 bits per heavy atom. The Hall–Kier alpha value is -2.85. The van der Waals surface area contributed by atoms with Crippen LogP contribution in [0.15, 0.2) is 77.5 Å². The summed E-state index contributed by atoms with van der Waals surface area (Å²) in [6.07, 6.45) is 3.78. The summed E-state index contributed by atoms with van der Waals surface area (Å²) in [5.41, 5.74) is 3.00. The Balaban J connectivity index is 1.59. The van der Waals surface area contributed by atoms with Crippen molar-refractivity contribution >= 4 is 10.9 Å². The number of nitrogens with zero attached hydrogens (tertiary/aromatic N) is 1. The predicted molar refractivity (Wildman–Crippen MR) is 96.7 cm³/mol. The number of fused-ring (bicyclic) bond motifs is 1. The summed E-state index contributed by atoms with van der Waals surface area (Å²) in [4.78, 5) is 0. The van der Waals surface area contributed by atoms with Gasteiger partial charge in [0.1, 0.15) is 11.6 Å². The Bertz CT molecular complexity index is 973. The van der Waals surface area contributed by atoms with Crippen LogP contribution in [0.2, 0.25) is 0 Å². The topological polar surface area (TPSA) is 30.1 Å². The highest BCUT2D eigenvalue weighted by Crippen LogP contribution is 2.23. The van der Waals surface area contributed by atoms with Crippen LogP contribution in [0.4, 0.5) is 4.39 Å². The third-order valence-electron chi connectivity index (χ3n) is 4.36. The van der Waals surface area contributed by atoms with E-state index in [1.807, 2.05) is 36.4 Å². The molecule has 1 N–H and O–H groups in total. The van der Waals surface area contributed by atoms with Gasteiger partial charge in [0, 0.05) is 29.2 Å². The molecule has 0 saturated carbocycles. The molecule has 0 spiro atoms. The van der Waals surface area contributed by atoms with E-state index in [1.165, 1.54) is 17.0 Å². The van der Waals surface area contributed by atoms with Crippen LogP contribution in [0.3, 0.4) is 0 Å². The van der Waals surface area contributed by atoms with Crippen LogP contribution < -0.4 is 5.32 Å². The first-order chi connectivity index (χ1) is 12.3. The number of hydrogen-bond acceptors (Lipinski definition) is 2. The highest BCUT2D eigenvalue weighted by atomic mass is 19.1. The molecule has 0 amide bonds. The molecule has 0 saturated heterocycles. The van der Waals surface area contributed by atoms with Gasteiger partial charge in [-0.05, 0) is 29.8 Å². The Labute approximate surface area is 145 Å². The Morgan fingerprint density at radius 3 is 2.56 bits per heavy atom. The molecule has 4 heteroatoms. The average Bonchev–Trinajstić information content (AvgIpc) is 3.26. The fraction of sp³-hybridized carbons (Fsp3) is 0.143. The monoisotopic (exact) mass is 334 g/mol. The maximum Gasteiger partial charge on any atom is 0.128 e. The highest BCUT2D eigenvalue weighted by molar-refractivity contribution is 5.84. The molecule has 25 heavy (non-hydrogen) atoms. The molecule has 0 bridgehead atoms. The van der Waals surface area contributed by atoms with E-state index in [9.17, 15) is 4.39 Å². The van der Waals surface area contributed by atoms with E-state index in [0.29, 0.717) is 18.7 Å². The second-order valence-corrected chi connectivity index (χ2v) is 6.07. The van der Waals surface area contributed by atoms with Gasteiger partial charge in [-0.15, -0.1) is 0 Å². The summed E-state index contributed by atoms with van der Waals surface area (Å²) >= 11 is 0. The van der Waals surface area contributed by atoms with Crippen molar-refractivity contribution < 1.29 is 8.81 Å². The molecule has 0 aliphatic heterocycles. The van der Waals surface area contributed by atoms with Gasteiger partial charge in [-0.3, -0.25) is 0 Å². The van der Waals surface area contributed by atoms with Gasteiger partial charge in [0.05, 0.1) is 19.4 Å². The van der Waals surface area contributed by atoms with Gasteiger partial charge in [-0.25, -0.2) is 4.39 Å². The number of para-hydroxylation sites is 1. The lowest BCUT2D eigenvalue weighted by Gasteiger charge is -2.06. The smallest absolute Gasteiger partial charge is 0.128 e. The minimum atomic E-state index is -0.169. The average molecular weight is 334 g/mol. The van der Waals surface area contributed by atoms with Crippen molar-refractivity contribution in [2.45, 2.75) is 19.6 Å². The fourth-order valence-corrected chi connectivity index (χ4v) is 3.14. The van der Waals surface area contributed by atoms with Gasteiger partial charge in [0.2, 0.25) is 0 Å². The first-order valence-corrected chi connectivity index (χ1v) is 8.34. The SMILES string of the molecule is Fc1ccccc1Cn1cc(CNCc2ccco2)c2ccccc21. The highest BCUT2D eigenvalue weighted by Gasteiger charge is 2.10. The minimum absolute atomic E-state index is 0.169. The maximum atomic E-state index is 14.0. The molecule has 3 nitrogen and oxygen atoms in total. The van der Waals surface area contributed by atoms with E-state index in [4.69, 9.17) is 4.42 Å². The molecule has 0 atom stereocenters. The molecule has 0 aliphatic carbocycles. The molecule has 4 rings (SSSR count). The van der Waals surface area contributed by atoms with Crippen molar-refractivity contribution in [1.29, 1.82) is 0 Å². The van der Waals surface area contributed by atoms with Gasteiger partial charge in [-0.2, -0.15) is 0 Å². The third-order valence-corrected chi connectivity index (χ3v) is 4.36. The largest absolute Gasteiger partial charge is 0.468 e. The summed E-state index contributed by atoms with van der Waals surface area (Å²) in [7, 11) is 0. The van der Waals surface area contributed by atoms with Gasteiger partial charge in [0.25, 0.3) is 0 Å². The molecule has 0 unspecified atom stereocenters. The van der Waals surface area contributed by atoms with E-state index in [0.717, 1.165) is 17.8 Å². The van der Waals surface area contributed by atoms with Crippen molar-refractivity contribution in [2.75, 3.05) is 0 Å². The van der Waals surface area contributed by atoms with Crippen molar-refractivity contribution in [3.8, 4) is 0 Å². The standard InChI is InChI=1S/C21H19FN2O/c22-20-9-3-1-6-16(20)14-24-15-17(19-8-2-4-10-21(19)24)12-23-13-18-7-5-11-25-18/h1-11,15,23H,12-14H2. The zero-order chi connectivity index (χ0) is 17.1. The first-order valence-electron chi connectivity index (χ1n) is 8.34. The molecular formula is C21H19FN2O. The fourth-order valence-electron chi connectivity index (χ4n) is 3.14. The van der Waals surface area contributed by atoms with E-state index in [2.05, 4.69) is 28.2 Å². The van der Waals surface area contributed by atoms with Gasteiger partial charge >= 0.3 is 0 Å². The van der Waals surface area contributed by atoms with Crippen molar-refractivity contribution in [3.05, 3.63) is 95.8 Å².